The number of benzene rings is 2. The molecule has 0 amide bonds. The van der Waals surface area contributed by atoms with E-state index in [-0.39, 0.29) is 23.1 Å². The van der Waals surface area contributed by atoms with Crippen molar-refractivity contribution >= 4 is 19.3 Å². The number of nitrogens with zero attached hydrogens (tertiary/aromatic N) is 2. The quantitative estimate of drug-likeness (QED) is 0.335. The van der Waals surface area contributed by atoms with E-state index in [1.54, 1.807) is 30.3 Å². The number of hydrogen-bond acceptors (Lipinski definition) is 8. The number of nitro groups is 1. The fourth-order valence-corrected chi connectivity index (χ4v) is 6.08. The van der Waals surface area contributed by atoms with Gasteiger partial charge in [0.25, 0.3) is 5.69 Å². The lowest BCUT2D eigenvalue weighted by molar-refractivity contribution is -0.384. The monoisotopic (exact) mass is 449 g/mol. The van der Waals surface area contributed by atoms with Crippen LogP contribution in [0.25, 0.3) is 0 Å². The van der Waals surface area contributed by atoms with Crippen LogP contribution in [0.2, 0.25) is 0 Å². The molecule has 1 aliphatic heterocycles. The van der Waals surface area contributed by atoms with Crippen molar-refractivity contribution in [1.29, 1.82) is 0 Å². The molecule has 3 rings (SSSR count). The maximum atomic E-state index is 14.2. The first-order valence-corrected chi connectivity index (χ1v) is 11.3. The summed E-state index contributed by atoms with van der Waals surface area (Å²) in [5.41, 5.74) is 4.71. The fourth-order valence-electron chi connectivity index (χ4n) is 3.69. The second-order valence-electron chi connectivity index (χ2n) is 7.45. The van der Waals surface area contributed by atoms with Gasteiger partial charge in [0, 0.05) is 18.7 Å². The number of carboxylic acids is 1. The summed E-state index contributed by atoms with van der Waals surface area (Å²) >= 11 is 0. The van der Waals surface area contributed by atoms with Gasteiger partial charge in [-0.15, -0.1) is 0 Å². The summed E-state index contributed by atoms with van der Waals surface area (Å²) in [5.74, 6) is -1.37. The summed E-state index contributed by atoms with van der Waals surface area (Å²) in [6.07, 6.45) is 0.577. The number of carboxylic acid groups (broad SMARTS) is 1. The van der Waals surface area contributed by atoms with Crippen LogP contribution in [0.5, 0.6) is 11.5 Å². The van der Waals surface area contributed by atoms with Crippen LogP contribution in [0, 0.1) is 16.0 Å². The van der Waals surface area contributed by atoms with Gasteiger partial charge in [-0.05, 0) is 50.2 Å². The predicted octanol–water partition coefficient (Wildman–Crippen LogP) is 2.98. The molecule has 31 heavy (non-hydrogen) atoms. The molecule has 1 aliphatic rings. The second kappa shape index (κ2) is 9.47. The molecule has 1 saturated heterocycles. The van der Waals surface area contributed by atoms with Crippen LogP contribution in [0.15, 0.2) is 54.6 Å². The lowest BCUT2D eigenvalue weighted by Crippen LogP contribution is -2.47. The topological polar surface area (TPSA) is 145 Å². The Balaban J connectivity index is 2.02. The number of para-hydroxylation sites is 1. The summed E-state index contributed by atoms with van der Waals surface area (Å²) in [7, 11) is -2.32. The van der Waals surface area contributed by atoms with Gasteiger partial charge in [0.1, 0.15) is 23.2 Å². The Hall–Kier alpha value is -2.94. The molecule has 0 aliphatic carbocycles. The van der Waals surface area contributed by atoms with Crippen LogP contribution in [0.4, 0.5) is 5.69 Å². The first kappa shape index (κ1) is 22.7. The van der Waals surface area contributed by atoms with Crippen LogP contribution in [-0.4, -0.2) is 52.7 Å². The highest BCUT2D eigenvalue weighted by Crippen LogP contribution is 2.57. The van der Waals surface area contributed by atoms with E-state index in [1.165, 1.54) is 24.3 Å². The zero-order chi connectivity index (χ0) is 22.6. The Bertz CT molecular complexity index is 970. The van der Waals surface area contributed by atoms with Crippen molar-refractivity contribution in [1.82, 2.24) is 4.90 Å². The molecule has 0 radical (unpaired) electrons. The highest BCUT2D eigenvalue weighted by Gasteiger charge is 2.51. The van der Waals surface area contributed by atoms with E-state index in [0.717, 1.165) is 0 Å². The molecule has 11 heteroatoms. The van der Waals surface area contributed by atoms with Gasteiger partial charge in [0.15, 0.2) is 0 Å². The molecule has 3 N–H and O–H groups in total. The molecule has 0 spiro atoms. The van der Waals surface area contributed by atoms with E-state index in [2.05, 4.69) is 0 Å². The van der Waals surface area contributed by atoms with Gasteiger partial charge in [0.05, 0.1) is 4.92 Å². The lowest BCUT2D eigenvalue weighted by Gasteiger charge is -2.33. The van der Waals surface area contributed by atoms with E-state index < -0.39 is 30.2 Å². The lowest BCUT2D eigenvalue weighted by atomic mass is 9.99. The number of likely N-dealkylation sites (tertiary alicyclic amines) is 1. The molecule has 166 valence electrons. The van der Waals surface area contributed by atoms with Gasteiger partial charge in [0.2, 0.25) is 0 Å². The van der Waals surface area contributed by atoms with Gasteiger partial charge in [-0.1, -0.05) is 18.2 Å². The number of rotatable bonds is 9. The summed E-state index contributed by atoms with van der Waals surface area (Å²) in [6.45, 7) is 1.17. The van der Waals surface area contributed by atoms with E-state index in [9.17, 15) is 24.6 Å². The molecule has 2 aromatic carbocycles. The molecule has 0 aromatic heterocycles. The zero-order valence-corrected chi connectivity index (χ0v) is 17.8. The average molecular weight is 449 g/mol. The Morgan fingerprint density at radius 3 is 2.26 bits per heavy atom. The minimum Gasteiger partial charge on any atom is -0.480 e. The molecule has 0 saturated carbocycles. The van der Waals surface area contributed by atoms with Crippen molar-refractivity contribution in [2.24, 2.45) is 11.7 Å². The highest BCUT2D eigenvalue weighted by atomic mass is 31.2. The van der Waals surface area contributed by atoms with E-state index in [1.807, 2.05) is 11.9 Å². The summed E-state index contributed by atoms with van der Waals surface area (Å²) in [6, 6.07) is 11.8. The van der Waals surface area contributed by atoms with Crippen molar-refractivity contribution in [2.45, 2.75) is 18.1 Å². The van der Waals surface area contributed by atoms with Gasteiger partial charge in [-0.3, -0.25) is 14.9 Å². The first-order valence-electron chi connectivity index (χ1n) is 9.65. The van der Waals surface area contributed by atoms with E-state index in [4.69, 9.17) is 14.8 Å². The fraction of sp³-hybridized carbons (Fsp3) is 0.350. The molecule has 1 fully saturated rings. The Labute approximate surface area is 179 Å². The van der Waals surface area contributed by atoms with Crippen molar-refractivity contribution in [3.8, 4) is 11.5 Å². The van der Waals surface area contributed by atoms with E-state index in [0.29, 0.717) is 19.5 Å². The largest absolute Gasteiger partial charge is 0.480 e. The number of carbonyl (C=O) groups is 1. The van der Waals surface area contributed by atoms with Gasteiger partial charge in [-0.25, -0.2) is 4.57 Å². The Kier molecular flexibility index (Phi) is 6.94. The summed E-state index contributed by atoms with van der Waals surface area (Å²) in [4.78, 5) is 24.1. The number of aliphatic carboxylic acids is 1. The first-order chi connectivity index (χ1) is 14.7. The smallest absolute Gasteiger partial charge is 0.436 e. The highest BCUT2D eigenvalue weighted by molar-refractivity contribution is 7.55. The van der Waals surface area contributed by atoms with Crippen LogP contribution >= 0.6 is 7.60 Å². The predicted molar refractivity (Wildman–Crippen MR) is 113 cm³/mol. The minimum atomic E-state index is -4.20. The Morgan fingerprint density at radius 2 is 1.77 bits per heavy atom. The molecule has 2 aromatic rings. The third-order valence-corrected chi connectivity index (χ3v) is 7.59. The maximum absolute atomic E-state index is 14.2. The summed E-state index contributed by atoms with van der Waals surface area (Å²) in [5, 5.41) is 20.5. The maximum Gasteiger partial charge on any atom is 0.436 e. The third kappa shape index (κ3) is 5.41. The number of hydrogen-bond donors (Lipinski definition) is 2. The molecular formula is C20H24N3O7P. The van der Waals surface area contributed by atoms with Crippen molar-refractivity contribution in [2.75, 3.05) is 20.1 Å². The Morgan fingerprint density at radius 1 is 1.19 bits per heavy atom. The molecule has 10 nitrogen and oxygen atoms in total. The molecular weight excluding hydrogens is 425 g/mol. The van der Waals surface area contributed by atoms with Gasteiger partial charge < -0.3 is 24.8 Å². The second-order valence-corrected chi connectivity index (χ2v) is 9.49. The minimum absolute atomic E-state index is 0.0544. The number of nitro benzene ring substituents is 1. The van der Waals surface area contributed by atoms with Crippen molar-refractivity contribution in [3.63, 3.8) is 0 Å². The average Bonchev–Trinajstić information content (AvgIpc) is 3.14. The molecule has 4 atom stereocenters. The number of nitrogens with two attached hydrogens (primary N) is 1. The van der Waals surface area contributed by atoms with Gasteiger partial charge >= 0.3 is 13.6 Å². The van der Waals surface area contributed by atoms with Crippen LogP contribution < -0.4 is 14.8 Å². The van der Waals surface area contributed by atoms with Crippen LogP contribution in [0.1, 0.15) is 6.42 Å². The van der Waals surface area contributed by atoms with Crippen LogP contribution in [-0.2, 0) is 9.36 Å². The normalized spacial score (nSPS) is 20.4. The standard InChI is InChI=1S/C20H24N3O7P/c1-22-12-11-14(13-22)19(18(21)20(24)25)31(28,29-16-5-3-2-4-6-16)30-17-9-7-15(8-10-17)23(26)27/h2-10,14,18-19H,11-13,21H2,1H3,(H,24,25)/t14?,18-,19-,31?/m0/s1. The van der Waals surface area contributed by atoms with Gasteiger partial charge in [-0.2, -0.15) is 0 Å². The SMILES string of the molecule is CN1CCC([C@@H]([C@H](N)C(=O)O)P(=O)(Oc2ccccc2)Oc2ccc([N+](=O)[O-])cc2)C1. The molecule has 2 unspecified atom stereocenters. The third-order valence-electron chi connectivity index (χ3n) is 5.19. The molecule has 1 heterocycles. The summed E-state index contributed by atoms with van der Waals surface area (Å²) < 4.78 is 25.7. The van der Waals surface area contributed by atoms with Crippen molar-refractivity contribution < 1.29 is 28.4 Å². The van der Waals surface area contributed by atoms with E-state index >= 15 is 0 Å². The van der Waals surface area contributed by atoms with Crippen LogP contribution in [0.3, 0.4) is 0 Å². The van der Waals surface area contributed by atoms with Crippen molar-refractivity contribution in [3.05, 3.63) is 64.7 Å². The number of non-ortho nitro benzene ring substituents is 1. The zero-order valence-electron chi connectivity index (χ0n) is 16.9. The molecule has 0 bridgehead atoms.